The second-order valence-corrected chi connectivity index (χ2v) is 4.61. The van der Waals surface area contributed by atoms with Crippen molar-refractivity contribution in [2.24, 2.45) is 0 Å². The summed E-state index contributed by atoms with van der Waals surface area (Å²) in [6.45, 7) is 4.13. The highest BCUT2D eigenvalue weighted by Crippen LogP contribution is 2.15. The molecule has 2 aromatic heterocycles. The molecule has 0 unspecified atom stereocenters. The number of rotatable bonds is 3. The average Bonchev–Trinajstić information content (AvgIpc) is 2.87. The summed E-state index contributed by atoms with van der Waals surface area (Å²) in [6, 6.07) is 3.64. The predicted molar refractivity (Wildman–Crippen MR) is 64.9 cm³/mol. The minimum atomic E-state index is -0.122. The fourth-order valence-corrected chi connectivity index (χ4v) is 1.91. The normalized spacial score (nSPS) is 10.7. The van der Waals surface area contributed by atoms with Crippen molar-refractivity contribution in [3.05, 3.63) is 34.2 Å². The van der Waals surface area contributed by atoms with E-state index in [1.807, 2.05) is 16.8 Å². The fourth-order valence-electron chi connectivity index (χ4n) is 1.28. The standard InChI is InChI=1S/C11H13N3OS/c1-7(2)9-5-10(14-13-9)12-11(15)8-3-4-16-6-8/h3-7H,1-2H3,(H2,12,13,14,15). The number of nitrogens with zero attached hydrogens (tertiary/aromatic N) is 1. The smallest absolute Gasteiger partial charge is 0.257 e. The Morgan fingerprint density at radius 1 is 1.56 bits per heavy atom. The molecular formula is C11H13N3OS. The van der Waals surface area contributed by atoms with Crippen molar-refractivity contribution in [3.8, 4) is 0 Å². The fraction of sp³-hybridized carbons (Fsp3) is 0.273. The van der Waals surface area contributed by atoms with Gasteiger partial charge in [0.25, 0.3) is 5.91 Å². The highest BCUT2D eigenvalue weighted by Gasteiger charge is 2.09. The Bertz CT molecular complexity index is 473. The van der Waals surface area contributed by atoms with E-state index in [-0.39, 0.29) is 5.91 Å². The van der Waals surface area contributed by atoms with E-state index in [2.05, 4.69) is 29.4 Å². The number of hydrogen-bond acceptors (Lipinski definition) is 3. The van der Waals surface area contributed by atoms with Gasteiger partial charge in [0.15, 0.2) is 5.82 Å². The van der Waals surface area contributed by atoms with Crippen LogP contribution in [0, 0.1) is 0 Å². The number of H-pyrrole nitrogens is 1. The third-order valence-electron chi connectivity index (χ3n) is 2.24. The van der Waals surface area contributed by atoms with Gasteiger partial charge in [0.05, 0.1) is 5.56 Å². The number of carbonyl (C=O) groups excluding carboxylic acids is 1. The molecule has 0 saturated heterocycles. The number of anilines is 1. The lowest BCUT2D eigenvalue weighted by molar-refractivity contribution is 0.102. The Kier molecular flexibility index (Phi) is 3.05. The van der Waals surface area contributed by atoms with Crippen molar-refractivity contribution >= 4 is 23.1 Å². The second-order valence-electron chi connectivity index (χ2n) is 3.83. The van der Waals surface area contributed by atoms with Crippen LogP contribution in [0.4, 0.5) is 5.82 Å². The van der Waals surface area contributed by atoms with E-state index in [4.69, 9.17) is 0 Å². The van der Waals surface area contributed by atoms with Crippen LogP contribution in [0.3, 0.4) is 0 Å². The van der Waals surface area contributed by atoms with E-state index in [1.165, 1.54) is 11.3 Å². The lowest BCUT2D eigenvalue weighted by Gasteiger charge is -1.98. The van der Waals surface area contributed by atoms with Crippen LogP contribution < -0.4 is 5.32 Å². The summed E-state index contributed by atoms with van der Waals surface area (Å²) in [5.41, 5.74) is 1.68. The van der Waals surface area contributed by atoms with Crippen LogP contribution in [0.15, 0.2) is 22.9 Å². The Morgan fingerprint density at radius 3 is 2.94 bits per heavy atom. The molecule has 16 heavy (non-hydrogen) atoms. The Hall–Kier alpha value is -1.62. The Balaban J connectivity index is 2.07. The van der Waals surface area contributed by atoms with Crippen LogP contribution in [0.2, 0.25) is 0 Å². The van der Waals surface area contributed by atoms with Crippen molar-refractivity contribution < 1.29 is 4.79 Å². The van der Waals surface area contributed by atoms with Crippen molar-refractivity contribution in [1.29, 1.82) is 0 Å². The number of nitrogens with one attached hydrogen (secondary N) is 2. The molecule has 0 aliphatic carbocycles. The summed E-state index contributed by atoms with van der Waals surface area (Å²) in [5, 5.41) is 13.4. The van der Waals surface area contributed by atoms with Crippen molar-refractivity contribution in [3.63, 3.8) is 0 Å². The largest absolute Gasteiger partial charge is 0.305 e. The van der Waals surface area contributed by atoms with Gasteiger partial charge in [0.1, 0.15) is 0 Å². The second kappa shape index (κ2) is 4.49. The summed E-state index contributed by atoms with van der Waals surface area (Å²) in [4.78, 5) is 11.7. The molecule has 0 aromatic carbocycles. The van der Waals surface area contributed by atoms with Gasteiger partial charge in [0, 0.05) is 17.1 Å². The number of aromatic amines is 1. The molecular weight excluding hydrogens is 222 g/mol. The zero-order chi connectivity index (χ0) is 11.5. The van der Waals surface area contributed by atoms with Crippen LogP contribution in [0.1, 0.15) is 35.8 Å². The first-order valence-electron chi connectivity index (χ1n) is 5.05. The third kappa shape index (κ3) is 2.30. The van der Waals surface area contributed by atoms with Gasteiger partial charge >= 0.3 is 0 Å². The molecule has 0 saturated carbocycles. The maximum absolute atomic E-state index is 11.7. The summed E-state index contributed by atoms with van der Waals surface area (Å²) in [5.74, 6) is 0.822. The van der Waals surface area contributed by atoms with E-state index in [1.54, 1.807) is 6.07 Å². The molecule has 2 aromatic rings. The molecule has 4 nitrogen and oxygen atoms in total. The van der Waals surface area contributed by atoms with Gasteiger partial charge in [-0.3, -0.25) is 9.89 Å². The summed E-state index contributed by atoms with van der Waals surface area (Å²) in [6.07, 6.45) is 0. The molecule has 2 N–H and O–H groups in total. The lowest BCUT2D eigenvalue weighted by Crippen LogP contribution is -2.10. The number of carbonyl (C=O) groups is 1. The van der Waals surface area contributed by atoms with Gasteiger partial charge in [-0.2, -0.15) is 16.4 Å². The Labute approximate surface area is 97.7 Å². The molecule has 2 heterocycles. The number of aromatic nitrogens is 2. The molecule has 5 heteroatoms. The van der Waals surface area contributed by atoms with E-state index >= 15 is 0 Å². The van der Waals surface area contributed by atoms with E-state index in [0.29, 0.717) is 17.3 Å². The van der Waals surface area contributed by atoms with Crippen LogP contribution in [-0.4, -0.2) is 16.1 Å². The van der Waals surface area contributed by atoms with Gasteiger partial charge < -0.3 is 5.32 Å². The molecule has 0 fully saturated rings. The van der Waals surface area contributed by atoms with Crippen LogP contribution in [-0.2, 0) is 0 Å². The van der Waals surface area contributed by atoms with E-state index in [0.717, 1.165) is 5.69 Å². The molecule has 0 atom stereocenters. The topological polar surface area (TPSA) is 57.8 Å². The summed E-state index contributed by atoms with van der Waals surface area (Å²) in [7, 11) is 0. The molecule has 0 aliphatic rings. The molecule has 1 amide bonds. The first-order valence-corrected chi connectivity index (χ1v) is 6.00. The highest BCUT2D eigenvalue weighted by molar-refractivity contribution is 7.08. The van der Waals surface area contributed by atoms with Gasteiger partial charge in [-0.25, -0.2) is 0 Å². The molecule has 0 aliphatic heterocycles. The maximum atomic E-state index is 11.7. The van der Waals surface area contributed by atoms with Crippen LogP contribution >= 0.6 is 11.3 Å². The first-order chi connectivity index (χ1) is 7.66. The average molecular weight is 235 g/mol. The molecule has 0 spiro atoms. The minimum Gasteiger partial charge on any atom is -0.305 e. The van der Waals surface area contributed by atoms with Crippen LogP contribution in [0.5, 0.6) is 0 Å². The molecule has 2 rings (SSSR count). The number of thiophene rings is 1. The molecule has 0 radical (unpaired) electrons. The van der Waals surface area contributed by atoms with Crippen molar-refractivity contribution in [2.45, 2.75) is 19.8 Å². The monoisotopic (exact) mass is 235 g/mol. The van der Waals surface area contributed by atoms with Gasteiger partial charge in [-0.15, -0.1) is 0 Å². The zero-order valence-electron chi connectivity index (χ0n) is 9.15. The Morgan fingerprint density at radius 2 is 2.38 bits per heavy atom. The van der Waals surface area contributed by atoms with Gasteiger partial charge in [-0.05, 0) is 17.4 Å². The van der Waals surface area contributed by atoms with Crippen molar-refractivity contribution in [2.75, 3.05) is 5.32 Å². The van der Waals surface area contributed by atoms with Gasteiger partial charge in [-0.1, -0.05) is 13.8 Å². The predicted octanol–water partition coefficient (Wildman–Crippen LogP) is 2.85. The van der Waals surface area contributed by atoms with Crippen LogP contribution in [0.25, 0.3) is 0 Å². The number of hydrogen-bond donors (Lipinski definition) is 2. The maximum Gasteiger partial charge on any atom is 0.257 e. The summed E-state index contributed by atoms with van der Waals surface area (Å²) >= 11 is 1.50. The van der Waals surface area contributed by atoms with E-state index in [9.17, 15) is 4.79 Å². The quantitative estimate of drug-likeness (QED) is 0.859. The highest BCUT2D eigenvalue weighted by atomic mass is 32.1. The summed E-state index contributed by atoms with van der Waals surface area (Å²) < 4.78 is 0. The number of amides is 1. The lowest BCUT2D eigenvalue weighted by atomic mass is 10.1. The van der Waals surface area contributed by atoms with Crippen molar-refractivity contribution in [1.82, 2.24) is 10.2 Å². The third-order valence-corrected chi connectivity index (χ3v) is 2.93. The SMILES string of the molecule is CC(C)c1cc(NC(=O)c2ccsc2)n[nH]1. The molecule has 84 valence electrons. The van der Waals surface area contributed by atoms with E-state index < -0.39 is 0 Å². The minimum absolute atomic E-state index is 0.122. The first kappa shape index (κ1) is 10.9. The molecule has 0 bridgehead atoms. The zero-order valence-corrected chi connectivity index (χ0v) is 9.97. The van der Waals surface area contributed by atoms with Gasteiger partial charge in [0.2, 0.25) is 0 Å².